The summed E-state index contributed by atoms with van der Waals surface area (Å²) in [6.45, 7) is 1.55. The van der Waals surface area contributed by atoms with Crippen molar-refractivity contribution in [3.8, 4) is 11.8 Å². The lowest BCUT2D eigenvalue weighted by atomic mass is 10.2. The Morgan fingerprint density at radius 1 is 1.19 bits per heavy atom. The number of carboxylic acid groups (broad SMARTS) is 1. The van der Waals surface area contributed by atoms with Crippen molar-refractivity contribution in [2.45, 2.75) is 13.1 Å². The van der Waals surface area contributed by atoms with E-state index in [1.807, 2.05) is 0 Å². The topological polar surface area (TPSA) is 72.3 Å². The van der Waals surface area contributed by atoms with E-state index in [1.165, 1.54) is 6.07 Å². The summed E-state index contributed by atoms with van der Waals surface area (Å²) >= 11 is 0. The quantitative estimate of drug-likeness (QED) is 0.941. The maximum atomic E-state index is 12.4. The molecule has 0 saturated heterocycles. The molecule has 1 aromatic carbocycles. The van der Waals surface area contributed by atoms with E-state index in [0.717, 1.165) is 24.3 Å². The lowest BCUT2D eigenvalue weighted by molar-refractivity contribution is -0.137. The van der Waals surface area contributed by atoms with Crippen LogP contribution in [0, 0.1) is 6.92 Å². The van der Waals surface area contributed by atoms with Crippen LogP contribution in [-0.4, -0.2) is 21.0 Å². The lowest BCUT2D eigenvalue weighted by Crippen LogP contribution is -2.05. The molecule has 2 rings (SSSR count). The van der Waals surface area contributed by atoms with Crippen LogP contribution in [0.25, 0.3) is 0 Å². The first-order chi connectivity index (χ1) is 9.75. The highest BCUT2D eigenvalue weighted by Crippen LogP contribution is 2.30. The molecule has 1 heterocycles. The van der Waals surface area contributed by atoms with Crippen LogP contribution in [0.1, 0.15) is 21.7 Å². The molecule has 21 heavy (non-hydrogen) atoms. The monoisotopic (exact) mass is 298 g/mol. The predicted octanol–water partition coefficient (Wildman–Crippen LogP) is 3.29. The van der Waals surface area contributed by atoms with Crippen LogP contribution in [-0.2, 0) is 6.18 Å². The van der Waals surface area contributed by atoms with E-state index in [9.17, 15) is 18.0 Å². The second kappa shape index (κ2) is 5.39. The molecule has 0 bridgehead atoms. The Balaban J connectivity index is 2.24. The lowest BCUT2D eigenvalue weighted by Gasteiger charge is -2.08. The summed E-state index contributed by atoms with van der Waals surface area (Å²) in [5.74, 6) is -1.18. The van der Waals surface area contributed by atoms with Crippen LogP contribution in [0.2, 0.25) is 0 Å². The van der Waals surface area contributed by atoms with Crippen LogP contribution in [0.3, 0.4) is 0 Å². The highest BCUT2D eigenvalue weighted by atomic mass is 19.4. The second-order valence-electron chi connectivity index (χ2n) is 4.11. The van der Waals surface area contributed by atoms with Gasteiger partial charge in [-0.2, -0.15) is 18.2 Å². The minimum Gasteiger partial charge on any atom is -0.477 e. The van der Waals surface area contributed by atoms with Gasteiger partial charge in [-0.1, -0.05) is 0 Å². The van der Waals surface area contributed by atoms with Crippen LogP contribution in [0.5, 0.6) is 11.8 Å². The highest BCUT2D eigenvalue weighted by molar-refractivity contribution is 5.85. The third kappa shape index (κ3) is 3.68. The molecule has 0 atom stereocenters. The zero-order valence-corrected chi connectivity index (χ0v) is 10.7. The maximum absolute atomic E-state index is 12.4. The molecule has 0 aliphatic heterocycles. The molecule has 0 aliphatic carbocycles. The number of aromatic carboxylic acids is 1. The van der Waals surface area contributed by atoms with Gasteiger partial charge in [0.25, 0.3) is 0 Å². The second-order valence-corrected chi connectivity index (χ2v) is 4.11. The van der Waals surface area contributed by atoms with Crippen molar-refractivity contribution in [3.05, 3.63) is 47.3 Å². The van der Waals surface area contributed by atoms with Gasteiger partial charge in [0.05, 0.1) is 5.56 Å². The number of carbonyl (C=O) groups is 1. The summed E-state index contributed by atoms with van der Waals surface area (Å²) in [6.07, 6.45) is -4.44. The minimum absolute atomic E-state index is 0.0740. The predicted molar refractivity (Wildman–Crippen MR) is 65.2 cm³/mol. The van der Waals surface area contributed by atoms with Gasteiger partial charge in [-0.15, -0.1) is 0 Å². The van der Waals surface area contributed by atoms with Crippen molar-refractivity contribution in [1.82, 2.24) is 9.97 Å². The standard InChI is InChI=1S/C13H9F3N2O3/c1-7-6-10(11(19)20)18-12(17-7)21-9-4-2-8(3-5-9)13(14,15)16/h2-6H,1H3,(H,19,20). The molecule has 0 fully saturated rings. The van der Waals surface area contributed by atoms with Crippen molar-refractivity contribution in [2.75, 3.05) is 0 Å². The normalized spacial score (nSPS) is 11.2. The molecule has 1 aromatic heterocycles. The molecule has 0 aliphatic rings. The third-order valence-corrected chi connectivity index (χ3v) is 2.44. The molecule has 1 N–H and O–H groups in total. The van der Waals surface area contributed by atoms with Crippen molar-refractivity contribution in [3.63, 3.8) is 0 Å². The molecular weight excluding hydrogens is 289 g/mol. The first kappa shape index (κ1) is 14.8. The highest BCUT2D eigenvalue weighted by Gasteiger charge is 2.30. The Hall–Kier alpha value is -2.64. The Morgan fingerprint density at radius 2 is 1.81 bits per heavy atom. The minimum atomic E-state index is -4.44. The van der Waals surface area contributed by atoms with Crippen molar-refractivity contribution < 1.29 is 27.8 Å². The van der Waals surface area contributed by atoms with Crippen LogP contribution in [0.4, 0.5) is 13.2 Å². The van der Waals surface area contributed by atoms with E-state index in [4.69, 9.17) is 9.84 Å². The SMILES string of the molecule is Cc1cc(C(=O)O)nc(Oc2ccc(C(F)(F)F)cc2)n1. The number of alkyl halides is 3. The number of carboxylic acids is 1. The zero-order chi connectivity index (χ0) is 15.6. The van der Waals surface area contributed by atoms with E-state index in [0.29, 0.717) is 5.69 Å². The van der Waals surface area contributed by atoms with Crippen LogP contribution in [0.15, 0.2) is 30.3 Å². The van der Waals surface area contributed by atoms with Gasteiger partial charge in [0, 0.05) is 5.69 Å². The zero-order valence-electron chi connectivity index (χ0n) is 10.7. The summed E-state index contributed by atoms with van der Waals surface area (Å²) in [6, 6.07) is 4.92. The van der Waals surface area contributed by atoms with Crippen molar-refractivity contribution in [2.24, 2.45) is 0 Å². The number of aromatic nitrogens is 2. The number of hydrogen-bond acceptors (Lipinski definition) is 4. The number of ether oxygens (including phenoxy) is 1. The average Bonchev–Trinajstić information content (AvgIpc) is 2.37. The molecule has 0 saturated carbocycles. The first-order valence-corrected chi connectivity index (χ1v) is 5.70. The molecule has 0 radical (unpaired) electrons. The number of nitrogens with zero attached hydrogens (tertiary/aromatic N) is 2. The summed E-state index contributed by atoms with van der Waals surface area (Å²) < 4.78 is 42.4. The fraction of sp³-hybridized carbons (Fsp3) is 0.154. The number of aryl methyl sites for hydroxylation is 1. The van der Waals surface area contributed by atoms with E-state index < -0.39 is 17.7 Å². The van der Waals surface area contributed by atoms with E-state index in [2.05, 4.69) is 9.97 Å². The van der Waals surface area contributed by atoms with Crippen LogP contribution < -0.4 is 4.74 Å². The van der Waals surface area contributed by atoms with Gasteiger partial charge in [-0.3, -0.25) is 0 Å². The third-order valence-electron chi connectivity index (χ3n) is 2.44. The Labute approximate surface area is 117 Å². The van der Waals surface area contributed by atoms with Gasteiger partial charge in [0.1, 0.15) is 5.75 Å². The summed E-state index contributed by atoms with van der Waals surface area (Å²) in [5.41, 5.74) is -0.708. The average molecular weight is 298 g/mol. The fourth-order valence-electron chi connectivity index (χ4n) is 1.51. The van der Waals surface area contributed by atoms with E-state index in [-0.39, 0.29) is 17.5 Å². The Morgan fingerprint density at radius 3 is 2.33 bits per heavy atom. The number of benzene rings is 1. The molecule has 8 heteroatoms. The molecule has 5 nitrogen and oxygen atoms in total. The van der Waals surface area contributed by atoms with Crippen molar-refractivity contribution in [1.29, 1.82) is 0 Å². The largest absolute Gasteiger partial charge is 0.477 e. The smallest absolute Gasteiger partial charge is 0.416 e. The molecule has 0 spiro atoms. The van der Waals surface area contributed by atoms with Gasteiger partial charge < -0.3 is 9.84 Å². The van der Waals surface area contributed by atoms with Gasteiger partial charge in [0.15, 0.2) is 5.69 Å². The molecule has 0 unspecified atom stereocenters. The molecule has 0 amide bonds. The van der Waals surface area contributed by atoms with Gasteiger partial charge >= 0.3 is 18.2 Å². The summed E-state index contributed by atoms with van der Waals surface area (Å²) in [5, 5.41) is 8.85. The van der Waals surface area contributed by atoms with E-state index in [1.54, 1.807) is 6.92 Å². The number of hydrogen-bond donors (Lipinski definition) is 1. The first-order valence-electron chi connectivity index (χ1n) is 5.70. The number of rotatable bonds is 3. The molecule has 110 valence electrons. The maximum Gasteiger partial charge on any atom is 0.416 e. The fourth-order valence-corrected chi connectivity index (χ4v) is 1.51. The van der Waals surface area contributed by atoms with Gasteiger partial charge in [-0.05, 0) is 37.3 Å². The van der Waals surface area contributed by atoms with E-state index >= 15 is 0 Å². The molecular formula is C13H9F3N2O3. The van der Waals surface area contributed by atoms with Gasteiger partial charge in [-0.25, -0.2) is 9.78 Å². The molecule has 2 aromatic rings. The number of halogens is 3. The van der Waals surface area contributed by atoms with Gasteiger partial charge in [0.2, 0.25) is 0 Å². The van der Waals surface area contributed by atoms with Crippen molar-refractivity contribution >= 4 is 5.97 Å². The van der Waals surface area contributed by atoms with Crippen LogP contribution >= 0.6 is 0 Å². The summed E-state index contributed by atoms with van der Waals surface area (Å²) in [7, 11) is 0. The summed E-state index contributed by atoms with van der Waals surface area (Å²) in [4.78, 5) is 18.4. The Bertz CT molecular complexity index is 669. The Kier molecular flexibility index (Phi) is 3.79.